The van der Waals surface area contributed by atoms with Gasteiger partial charge in [-0.15, -0.1) is 0 Å². The molecule has 1 unspecified atom stereocenters. The molecule has 1 fully saturated rings. The molecule has 21 heavy (non-hydrogen) atoms. The summed E-state index contributed by atoms with van der Waals surface area (Å²) in [7, 11) is -7.11. The van der Waals surface area contributed by atoms with Gasteiger partial charge in [0.05, 0.1) is 17.7 Å². The summed E-state index contributed by atoms with van der Waals surface area (Å²) in [5.41, 5.74) is 0. The molecule has 0 radical (unpaired) electrons. The Morgan fingerprint density at radius 3 is 2.76 bits per heavy atom. The number of carbonyl (C=O) groups is 1. The Kier molecular flexibility index (Phi) is 4.08. The molecule has 0 aromatic carbocycles. The fourth-order valence-corrected chi connectivity index (χ4v) is 5.53. The molecular weight excluding hydrogens is 322 g/mol. The van der Waals surface area contributed by atoms with Crippen LogP contribution in [0.5, 0.6) is 0 Å². The highest BCUT2D eigenvalue weighted by molar-refractivity contribution is 7.92. The average molecular weight is 337 g/mol. The van der Waals surface area contributed by atoms with Crippen molar-refractivity contribution in [1.82, 2.24) is 14.1 Å². The first kappa shape index (κ1) is 15.9. The fourth-order valence-electron chi connectivity index (χ4n) is 2.18. The van der Waals surface area contributed by atoms with Crippen LogP contribution in [0.1, 0.15) is 6.92 Å². The van der Waals surface area contributed by atoms with Gasteiger partial charge >= 0.3 is 5.97 Å². The van der Waals surface area contributed by atoms with Crippen LogP contribution in [-0.2, 0) is 31.2 Å². The minimum absolute atomic E-state index is 0.115. The SMILES string of the molecule is CC1CS(=O)(=O)CCN1S(=O)(=O)c1cnn(CC(=O)O)c1. The van der Waals surface area contributed by atoms with Gasteiger partial charge in [-0.05, 0) is 6.92 Å². The van der Waals surface area contributed by atoms with Gasteiger partial charge in [-0.2, -0.15) is 9.40 Å². The maximum Gasteiger partial charge on any atom is 0.325 e. The van der Waals surface area contributed by atoms with Crippen LogP contribution in [0.4, 0.5) is 0 Å². The van der Waals surface area contributed by atoms with E-state index in [0.717, 1.165) is 21.4 Å². The van der Waals surface area contributed by atoms with Gasteiger partial charge in [-0.3, -0.25) is 9.48 Å². The third-order valence-corrected chi connectivity index (χ3v) is 6.88. The van der Waals surface area contributed by atoms with Crippen LogP contribution >= 0.6 is 0 Å². The molecule has 1 saturated heterocycles. The number of nitrogens with zero attached hydrogens (tertiary/aromatic N) is 3. The number of carboxylic acid groups (broad SMARTS) is 1. The van der Waals surface area contributed by atoms with Gasteiger partial charge in [0.15, 0.2) is 9.84 Å². The molecule has 118 valence electrons. The zero-order valence-electron chi connectivity index (χ0n) is 11.2. The van der Waals surface area contributed by atoms with Crippen LogP contribution in [0.15, 0.2) is 17.3 Å². The van der Waals surface area contributed by atoms with Gasteiger partial charge in [0, 0.05) is 18.8 Å². The lowest BCUT2D eigenvalue weighted by molar-refractivity contribution is -0.137. The fraction of sp³-hybridized carbons (Fsp3) is 0.600. The molecule has 1 aliphatic heterocycles. The smallest absolute Gasteiger partial charge is 0.325 e. The quantitative estimate of drug-likeness (QED) is 0.729. The summed E-state index contributed by atoms with van der Waals surface area (Å²) in [6.45, 7) is 0.964. The first-order valence-corrected chi connectivity index (χ1v) is 9.34. The van der Waals surface area contributed by atoms with Crippen LogP contribution in [-0.4, -0.2) is 66.1 Å². The second kappa shape index (κ2) is 5.39. The first-order chi connectivity index (χ1) is 9.62. The summed E-state index contributed by atoms with van der Waals surface area (Å²) in [6, 6.07) is -0.670. The number of hydrogen-bond donors (Lipinski definition) is 1. The molecule has 0 spiro atoms. The van der Waals surface area contributed by atoms with Gasteiger partial charge in [0.2, 0.25) is 10.0 Å². The topological polar surface area (TPSA) is 127 Å². The van der Waals surface area contributed by atoms with E-state index in [1.54, 1.807) is 0 Å². The molecule has 1 atom stereocenters. The highest BCUT2D eigenvalue weighted by Crippen LogP contribution is 2.21. The number of hydrogen-bond acceptors (Lipinski definition) is 6. The Balaban J connectivity index is 2.26. The van der Waals surface area contributed by atoms with Crippen molar-refractivity contribution in [3.05, 3.63) is 12.4 Å². The van der Waals surface area contributed by atoms with Crippen LogP contribution in [0.2, 0.25) is 0 Å². The number of sulfone groups is 1. The van der Waals surface area contributed by atoms with Crippen molar-refractivity contribution in [3.8, 4) is 0 Å². The first-order valence-electron chi connectivity index (χ1n) is 6.08. The van der Waals surface area contributed by atoms with Crippen LogP contribution in [0, 0.1) is 0 Å². The van der Waals surface area contributed by atoms with E-state index in [9.17, 15) is 21.6 Å². The van der Waals surface area contributed by atoms with Gasteiger partial charge in [-0.1, -0.05) is 0 Å². The molecule has 0 saturated carbocycles. The second-order valence-electron chi connectivity index (χ2n) is 4.85. The van der Waals surface area contributed by atoms with Crippen molar-refractivity contribution in [2.75, 3.05) is 18.1 Å². The second-order valence-corrected chi connectivity index (χ2v) is 8.97. The molecule has 11 heteroatoms. The van der Waals surface area contributed by atoms with E-state index in [4.69, 9.17) is 5.11 Å². The van der Waals surface area contributed by atoms with E-state index in [1.807, 2.05) is 0 Å². The van der Waals surface area contributed by atoms with Crippen molar-refractivity contribution in [2.24, 2.45) is 0 Å². The van der Waals surface area contributed by atoms with Gasteiger partial charge in [0.25, 0.3) is 0 Å². The highest BCUT2D eigenvalue weighted by atomic mass is 32.2. The molecule has 0 bridgehead atoms. The number of aliphatic carboxylic acids is 1. The van der Waals surface area contributed by atoms with E-state index in [-0.39, 0.29) is 22.9 Å². The van der Waals surface area contributed by atoms with Crippen molar-refractivity contribution in [3.63, 3.8) is 0 Å². The summed E-state index contributed by atoms with van der Waals surface area (Å²) >= 11 is 0. The minimum Gasteiger partial charge on any atom is -0.480 e. The normalized spacial score (nSPS) is 23.0. The maximum atomic E-state index is 12.4. The Bertz CT molecular complexity index is 752. The van der Waals surface area contributed by atoms with Crippen LogP contribution in [0.3, 0.4) is 0 Å². The molecule has 1 aliphatic rings. The molecule has 1 aromatic heterocycles. The number of carboxylic acids is 1. The standard InChI is InChI=1S/C10H15N3O6S2/c1-8-7-20(16,17)3-2-13(8)21(18,19)9-4-11-12(5-9)6-10(14)15/h4-5,8H,2-3,6-7H2,1H3,(H,14,15). The van der Waals surface area contributed by atoms with Crippen molar-refractivity contribution in [1.29, 1.82) is 0 Å². The van der Waals surface area contributed by atoms with E-state index in [0.29, 0.717) is 0 Å². The third-order valence-electron chi connectivity index (χ3n) is 3.12. The Labute approximate surface area is 122 Å². The van der Waals surface area contributed by atoms with Crippen molar-refractivity contribution in [2.45, 2.75) is 24.4 Å². The Morgan fingerprint density at radius 2 is 2.19 bits per heavy atom. The van der Waals surface area contributed by atoms with Crippen molar-refractivity contribution >= 4 is 25.8 Å². The summed E-state index contributed by atoms with van der Waals surface area (Å²) in [6.07, 6.45) is 2.19. The van der Waals surface area contributed by atoms with Crippen LogP contribution in [0.25, 0.3) is 0 Å². The van der Waals surface area contributed by atoms with E-state index >= 15 is 0 Å². The Morgan fingerprint density at radius 1 is 1.52 bits per heavy atom. The lowest BCUT2D eigenvalue weighted by Crippen LogP contribution is -2.49. The van der Waals surface area contributed by atoms with Crippen LogP contribution < -0.4 is 0 Å². The molecule has 0 amide bonds. The molecule has 1 aromatic rings. The van der Waals surface area contributed by atoms with Gasteiger partial charge < -0.3 is 5.11 Å². The number of rotatable bonds is 4. The summed E-state index contributed by atoms with van der Waals surface area (Å²) in [5.74, 6) is -1.59. The monoisotopic (exact) mass is 337 g/mol. The molecule has 9 nitrogen and oxygen atoms in total. The summed E-state index contributed by atoms with van der Waals surface area (Å²) in [5, 5.41) is 12.3. The van der Waals surface area contributed by atoms with Gasteiger partial charge in [-0.25, -0.2) is 16.8 Å². The van der Waals surface area contributed by atoms with Gasteiger partial charge in [0.1, 0.15) is 11.4 Å². The van der Waals surface area contributed by atoms with E-state index in [1.165, 1.54) is 6.92 Å². The zero-order valence-corrected chi connectivity index (χ0v) is 12.8. The lowest BCUT2D eigenvalue weighted by Gasteiger charge is -2.31. The largest absolute Gasteiger partial charge is 0.480 e. The Hall–Kier alpha value is -1.46. The number of aromatic nitrogens is 2. The number of sulfonamides is 1. The predicted octanol–water partition coefficient (Wildman–Crippen LogP) is -1.22. The lowest BCUT2D eigenvalue weighted by atomic mass is 10.4. The zero-order chi connectivity index (χ0) is 15.8. The average Bonchev–Trinajstić information content (AvgIpc) is 2.75. The van der Waals surface area contributed by atoms with E-state index in [2.05, 4.69) is 5.10 Å². The maximum absolute atomic E-state index is 12.4. The molecule has 0 aliphatic carbocycles. The third kappa shape index (κ3) is 3.41. The molecular formula is C10H15N3O6S2. The highest BCUT2D eigenvalue weighted by Gasteiger charge is 2.37. The van der Waals surface area contributed by atoms with Crippen molar-refractivity contribution < 1.29 is 26.7 Å². The predicted molar refractivity (Wildman–Crippen MR) is 71.9 cm³/mol. The molecule has 2 heterocycles. The summed E-state index contributed by atoms with van der Waals surface area (Å²) < 4.78 is 50.0. The van der Waals surface area contributed by atoms with E-state index < -0.39 is 38.4 Å². The molecule has 2 rings (SSSR count). The molecule has 1 N–H and O–H groups in total. The minimum atomic E-state index is -3.88. The summed E-state index contributed by atoms with van der Waals surface area (Å²) in [4.78, 5) is 10.4.